The van der Waals surface area contributed by atoms with Gasteiger partial charge < -0.3 is 8.98 Å². The van der Waals surface area contributed by atoms with Crippen molar-refractivity contribution in [2.75, 3.05) is 0 Å². The summed E-state index contributed by atoms with van der Waals surface area (Å²) >= 11 is 0. The first-order valence-electron chi connectivity index (χ1n) is 10.2. The van der Waals surface area contributed by atoms with Crippen LogP contribution >= 0.6 is 0 Å². The maximum atomic E-state index is 5.91. The molecule has 3 aromatic carbocycles. The van der Waals surface area contributed by atoms with E-state index in [0.717, 1.165) is 16.8 Å². The highest BCUT2D eigenvalue weighted by Crippen LogP contribution is 2.32. The lowest BCUT2D eigenvalue weighted by molar-refractivity contribution is 0.554. The Morgan fingerprint density at radius 2 is 1.52 bits per heavy atom. The highest BCUT2D eigenvalue weighted by molar-refractivity contribution is 6.09. The van der Waals surface area contributed by atoms with Gasteiger partial charge in [0.05, 0.1) is 11.0 Å². The average Bonchev–Trinajstić information content (AvgIpc) is 3.43. The lowest BCUT2D eigenvalue weighted by Crippen LogP contribution is -1.93. The fourth-order valence-corrected chi connectivity index (χ4v) is 3.87. The van der Waals surface area contributed by atoms with Crippen molar-refractivity contribution in [3.63, 3.8) is 0 Å². The monoisotopic (exact) mass is 403 g/mol. The Morgan fingerprint density at radius 1 is 0.871 bits per heavy atom. The molecule has 0 N–H and O–H groups in total. The number of nitrogens with zero attached hydrogens (tertiary/aromatic N) is 3. The van der Waals surface area contributed by atoms with E-state index in [1.54, 1.807) is 6.08 Å². The van der Waals surface area contributed by atoms with Crippen LogP contribution in [0.5, 0.6) is 0 Å². The molecule has 0 spiro atoms. The molecule has 4 nitrogen and oxygen atoms in total. The molecule has 0 aliphatic carbocycles. The number of aromatic nitrogens is 3. The Bertz CT molecular complexity index is 1400. The van der Waals surface area contributed by atoms with Crippen molar-refractivity contribution < 1.29 is 4.42 Å². The predicted molar refractivity (Wildman–Crippen MR) is 127 cm³/mol. The largest absolute Gasteiger partial charge is 0.416 e. The Labute approximate surface area is 180 Å². The molecule has 0 bridgehead atoms. The molecule has 2 heterocycles. The summed E-state index contributed by atoms with van der Waals surface area (Å²) in [4.78, 5) is 0. The van der Waals surface area contributed by atoms with Crippen LogP contribution in [0.1, 0.15) is 12.8 Å². The van der Waals surface area contributed by atoms with Crippen LogP contribution < -0.4 is 0 Å². The Morgan fingerprint density at radius 3 is 2.13 bits per heavy atom. The molecule has 4 heteroatoms. The van der Waals surface area contributed by atoms with Crippen molar-refractivity contribution in [1.82, 2.24) is 14.8 Å². The van der Waals surface area contributed by atoms with Crippen LogP contribution in [0.4, 0.5) is 0 Å². The molecule has 0 atom stereocenters. The third kappa shape index (κ3) is 3.28. The maximum absolute atomic E-state index is 5.91. The number of fused-ring (bicyclic) bond motifs is 3. The van der Waals surface area contributed by atoms with Crippen molar-refractivity contribution in [2.24, 2.45) is 0 Å². The van der Waals surface area contributed by atoms with Crippen LogP contribution in [-0.4, -0.2) is 14.8 Å². The van der Waals surface area contributed by atoms with Gasteiger partial charge in [-0.25, -0.2) is 0 Å². The van der Waals surface area contributed by atoms with Crippen molar-refractivity contribution in [2.45, 2.75) is 6.92 Å². The lowest BCUT2D eigenvalue weighted by Gasteiger charge is -2.08. The molecule has 0 fully saturated rings. The second kappa shape index (κ2) is 7.92. The van der Waals surface area contributed by atoms with Crippen molar-refractivity contribution >= 4 is 27.4 Å². The summed E-state index contributed by atoms with van der Waals surface area (Å²) in [5.41, 5.74) is 5.20. The molecule has 0 saturated heterocycles. The molecule has 0 unspecified atom stereocenters. The third-order valence-corrected chi connectivity index (χ3v) is 5.35. The van der Waals surface area contributed by atoms with Crippen LogP contribution in [0.25, 0.3) is 44.5 Å². The molecule has 0 aliphatic rings. The van der Waals surface area contributed by atoms with Gasteiger partial charge in [-0.15, -0.1) is 10.2 Å². The topological polar surface area (TPSA) is 43.9 Å². The van der Waals surface area contributed by atoms with Crippen LogP contribution in [0.3, 0.4) is 0 Å². The zero-order valence-electron chi connectivity index (χ0n) is 17.2. The molecule has 0 saturated carbocycles. The predicted octanol–water partition coefficient (Wildman–Crippen LogP) is 6.98. The highest BCUT2D eigenvalue weighted by Gasteiger charge is 2.13. The first-order chi connectivity index (χ1) is 15.3. The van der Waals surface area contributed by atoms with Gasteiger partial charge in [0.1, 0.15) is 0 Å². The summed E-state index contributed by atoms with van der Waals surface area (Å²) in [6.45, 7) is 5.64. The second-order valence-corrected chi connectivity index (χ2v) is 7.17. The third-order valence-electron chi connectivity index (χ3n) is 5.35. The summed E-state index contributed by atoms with van der Waals surface area (Å²) in [6.07, 6.45) is 7.40. The van der Waals surface area contributed by atoms with Gasteiger partial charge in [0.25, 0.3) is 0 Å². The van der Waals surface area contributed by atoms with E-state index in [2.05, 4.69) is 82.0 Å². The number of rotatable bonds is 5. The van der Waals surface area contributed by atoms with Gasteiger partial charge in [0, 0.05) is 27.6 Å². The lowest BCUT2D eigenvalue weighted by atomic mass is 10.2. The number of para-hydroxylation sites is 2. The van der Waals surface area contributed by atoms with Crippen molar-refractivity contribution in [3.8, 4) is 17.1 Å². The van der Waals surface area contributed by atoms with Gasteiger partial charge in [-0.1, -0.05) is 61.2 Å². The van der Waals surface area contributed by atoms with E-state index in [0.29, 0.717) is 11.8 Å². The maximum Gasteiger partial charge on any atom is 0.248 e. The molecule has 31 heavy (non-hydrogen) atoms. The number of hydrogen-bond donors (Lipinski definition) is 0. The van der Waals surface area contributed by atoms with Gasteiger partial charge >= 0.3 is 0 Å². The van der Waals surface area contributed by atoms with Gasteiger partial charge in [0.2, 0.25) is 11.8 Å². The number of hydrogen-bond acceptors (Lipinski definition) is 3. The summed E-state index contributed by atoms with van der Waals surface area (Å²) < 4.78 is 8.19. The first-order valence-corrected chi connectivity index (χ1v) is 10.2. The Hall–Kier alpha value is -4.18. The SMILES string of the molecule is C=C/C=C\C(=C/C)c1nnc(-c2ccc(-n3c4ccccc4c4ccccc43)cc2)o1. The van der Waals surface area contributed by atoms with Crippen LogP contribution in [0.15, 0.2) is 108 Å². The number of allylic oxidation sites excluding steroid dienone is 5. The highest BCUT2D eigenvalue weighted by atomic mass is 16.4. The molecular weight excluding hydrogens is 382 g/mol. The minimum absolute atomic E-state index is 0.488. The van der Waals surface area contributed by atoms with E-state index >= 15 is 0 Å². The van der Waals surface area contributed by atoms with Gasteiger partial charge in [-0.05, 0) is 49.4 Å². The molecule has 0 amide bonds. The minimum Gasteiger partial charge on any atom is -0.416 e. The summed E-state index contributed by atoms with van der Waals surface area (Å²) in [5.74, 6) is 0.984. The normalized spacial score (nSPS) is 12.2. The van der Waals surface area contributed by atoms with Crippen molar-refractivity contribution in [1.29, 1.82) is 0 Å². The van der Waals surface area contributed by atoms with Gasteiger partial charge in [-0.2, -0.15) is 0 Å². The summed E-state index contributed by atoms with van der Waals surface area (Å²) in [6, 6.07) is 25.2. The molecule has 0 radical (unpaired) electrons. The Kier molecular flexibility index (Phi) is 4.81. The standard InChI is InChI=1S/C27H21N3O/c1-3-5-10-19(4-2)26-28-29-27(31-26)20-15-17-21(18-16-20)30-24-13-8-6-11-22(24)23-12-7-9-14-25(23)30/h3-18H,1H2,2H3/b10-5-,19-4+. The number of benzene rings is 3. The van der Waals surface area contributed by atoms with Gasteiger partial charge in [-0.3, -0.25) is 0 Å². The smallest absolute Gasteiger partial charge is 0.248 e. The van der Waals surface area contributed by atoms with E-state index in [-0.39, 0.29) is 0 Å². The van der Waals surface area contributed by atoms with E-state index in [4.69, 9.17) is 4.42 Å². The van der Waals surface area contributed by atoms with Crippen molar-refractivity contribution in [3.05, 3.63) is 110 Å². The summed E-state index contributed by atoms with van der Waals surface area (Å²) in [5, 5.41) is 10.9. The molecule has 0 aliphatic heterocycles. The zero-order chi connectivity index (χ0) is 21.2. The quantitative estimate of drug-likeness (QED) is 0.297. The average molecular weight is 403 g/mol. The van der Waals surface area contributed by atoms with E-state index in [9.17, 15) is 0 Å². The molecular formula is C27H21N3O. The van der Waals surface area contributed by atoms with E-state index in [1.165, 1.54) is 21.8 Å². The molecule has 5 aromatic rings. The summed E-state index contributed by atoms with van der Waals surface area (Å²) in [7, 11) is 0. The van der Waals surface area contributed by atoms with Crippen LogP contribution in [0.2, 0.25) is 0 Å². The first kappa shape index (κ1) is 18.8. The fraction of sp³-hybridized carbons (Fsp3) is 0.0370. The van der Waals surface area contributed by atoms with Gasteiger partial charge in [0.15, 0.2) is 0 Å². The van der Waals surface area contributed by atoms with E-state index < -0.39 is 0 Å². The molecule has 5 rings (SSSR count). The Balaban J connectivity index is 1.55. The van der Waals surface area contributed by atoms with Crippen LogP contribution in [0, 0.1) is 0 Å². The fourth-order valence-electron chi connectivity index (χ4n) is 3.87. The molecule has 150 valence electrons. The zero-order valence-corrected chi connectivity index (χ0v) is 17.2. The molecule has 2 aromatic heterocycles. The second-order valence-electron chi connectivity index (χ2n) is 7.17. The van der Waals surface area contributed by atoms with Crippen LogP contribution in [-0.2, 0) is 0 Å². The van der Waals surface area contributed by atoms with E-state index in [1.807, 2.05) is 37.3 Å². The minimum atomic E-state index is 0.488.